The van der Waals surface area contributed by atoms with E-state index in [4.69, 9.17) is 9.15 Å². The van der Waals surface area contributed by atoms with Gasteiger partial charge in [0.25, 0.3) is 0 Å². The van der Waals surface area contributed by atoms with Crippen LogP contribution in [-0.4, -0.2) is 25.3 Å². The number of furan rings is 1. The Hall–Kier alpha value is -2.14. The second-order valence-corrected chi connectivity index (χ2v) is 4.56. The molecule has 1 aromatic heterocycles. The van der Waals surface area contributed by atoms with E-state index in [1.165, 1.54) is 13.2 Å². The van der Waals surface area contributed by atoms with Crippen molar-refractivity contribution in [3.8, 4) is 5.75 Å². The van der Waals surface area contributed by atoms with Crippen molar-refractivity contribution in [2.75, 3.05) is 14.2 Å². The molecular formula is C15H16FNO3. The summed E-state index contributed by atoms with van der Waals surface area (Å²) in [5.74, 6) is 0.866. The molecule has 0 saturated carbocycles. The molecule has 0 atom stereocenters. The fraction of sp³-hybridized carbons (Fsp3) is 0.267. The Morgan fingerprint density at radius 1 is 1.30 bits per heavy atom. The van der Waals surface area contributed by atoms with Crippen molar-refractivity contribution in [1.29, 1.82) is 0 Å². The first-order valence-electron chi connectivity index (χ1n) is 6.17. The van der Waals surface area contributed by atoms with E-state index < -0.39 is 0 Å². The minimum atomic E-state index is -0.375. The number of ether oxygens (including phenoxy) is 1. The molecule has 1 aromatic carbocycles. The number of hydrogen-bond acceptors (Lipinski definition) is 4. The third-order valence-electron chi connectivity index (χ3n) is 2.89. The monoisotopic (exact) mass is 277 g/mol. The zero-order valence-electron chi connectivity index (χ0n) is 11.4. The molecule has 0 amide bonds. The van der Waals surface area contributed by atoms with Gasteiger partial charge in [0.1, 0.15) is 5.76 Å². The molecular weight excluding hydrogens is 261 g/mol. The SMILES string of the molecule is COc1ccc(CN(C)Cc2ccc(C=O)o2)cc1F. The molecule has 1 heterocycles. The van der Waals surface area contributed by atoms with Gasteiger partial charge in [0.2, 0.25) is 0 Å². The molecule has 5 heteroatoms. The number of halogens is 1. The summed E-state index contributed by atoms with van der Waals surface area (Å²) in [5, 5.41) is 0. The highest BCUT2D eigenvalue weighted by molar-refractivity contribution is 5.70. The molecule has 0 spiro atoms. The van der Waals surface area contributed by atoms with Crippen LogP contribution in [0.1, 0.15) is 21.9 Å². The van der Waals surface area contributed by atoms with Crippen molar-refractivity contribution >= 4 is 6.29 Å². The van der Waals surface area contributed by atoms with Crippen LogP contribution in [0.3, 0.4) is 0 Å². The Labute approximate surface area is 116 Å². The van der Waals surface area contributed by atoms with E-state index in [-0.39, 0.29) is 11.6 Å². The largest absolute Gasteiger partial charge is 0.494 e. The van der Waals surface area contributed by atoms with Gasteiger partial charge >= 0.3 is 0 Å². The van der Waals surface area contributed by atoms with Crippen LogP contribution in [0.15, 0.2) is 34.7 Å². The molecule has 106 valence electrons. The van der Waals surface area contributed by atoms with Crippen LogP contribution in [0, 0.1) is 5.82 Å². The fourth-order valence-corrected chi connectivity index (χ4v) is 1.98. The molecule has 0 aliphatic carbocycles. The van der Waals surface area contributed by atoms with E-state index in [9.17, 15) is 9.18 Å². The second kappa shape index (κ2) is 6.34. The predicted octanol–water partition coefficient (Wildman–Crippen LogP) is 2.87. The van der Waals surface area contributed by atoms with Crippen molar-refractivity contribution in [3.05, 3.63) is 53.2 Å². The van der Waals surface area contributed by atoms with E-state index in [0.717, 1.165) is 5.56 Å². The minimum absolute atomic E-state index is 0.234. The number of hydrogen-bond donors (Lipinski definition) is 0. The molecule has 0 bridgehead atoms. The number of rotatable bonds is 6. The highest BCUT2D eigenvalue weighted by Gasteiger charge is 2.08. The van der Waals surface area contributed by atoms with E-state index in [1.54, 1.807) is 18.2 Å². The summed E-state index contributed by atoms with van der Waals surface area (Å²) >= 11 is 0. The van der Waals surface area contributed by atoms with Crippen molar-refractivity contribution in [2.24, 2.45) is 0 Å². The van der Waals surface area contributed by atoms with Gasteiger partial charge in [0.05, 0.1) is 13.7 Å². The van der Waals surface area contributed by atoms with Crippen LogP contribution in [0.5, 0.6) is 5.75 Å². The molecule has 0 unspecified atom stereocenters. The topological polar surface area (TPSA) is 42.7 Å². The number of benzene rings is 1. The van der Waals surface area contributed by atoms with Gasteiger partial charge in [0, 0.05) is 6.54 Å². The maximum atomic E-state index is 13.6. The average Bonchev–Trinajstić information content (AvgIpc) is 2.86. The first-order valence-corrected chi connectivity index (χ1v) is 6.17. The minimum Gasteiger partial charge on any atom is -0.494 e. The second-order valence-electron chi connectivity index (χ2n) is 4.56. The first-order chi connectivity index (χ1) is 9.62. The molecule has 0 saturated heterocycles. The molecule has 4 nitrogen and oxygen atoms in total. The van der Waals surface area contributed by atoms with Crippen molar-refractivity contribution < 1.29 is 18.3 Å². The number of methoxy groups -OCH3 is 1. The molecule has 2 aromatic rings. The lowest BCUT2D eigenvalue weighted by Crippen LogP contribution is -2.17. The lowest BCUT2D eigenvalue weighted by atomic mass is 10.2. The van der Waals surface area contributed by atoms with Crippen molar-refractivity contribution in [2.45, 2.75) is 13.1 Å². The Balaban J connectivity index is 1.98. The summed E-state index contributed by atoms with van der Waals surface area (Å²) in [6.07, 6.45) is 0.669. The van der Waals surface area contributed by atoms with Gasteiger partial charge in [-0.3, -0.25) is 9.69 Å². The molecule has 20 heavy (non-hydrogen) atoms. The Morgan fingerprint density at radius 2 is 2.10 bits per heavy atom. The number of carbonyl (C=O) groups is 1. The summed E-state index contributed by atoms with van der Waals surface area (Å²) in [7, 11) is 3.33. The first kappa shape index (κ1) is 14.3. The van der Waals surface area contributed by atoms with Gasteiger partial charge in [0.15, 0.2) is 23.6 Å². The summed E-state index contributed by atoms with van der Waals surface area (Å²) < 4.78 is 23.8. The Kier molecular flexibility index (Phi) is 4.53. The van der Waals surface area contributed by atoms with Crippen LogP contribution in [0.2, 0.25) is 0 Å². The van der Waals surface area contributed by atoms with Crippen LogP contribution < -0.4 is 4.74 Å². The molecule has 0 N–H and O–H groups in total. The van der Waals surface area contributed by atoms with Crippen LogP contribution >= 0.6 is 0 Å². The van der Waals surface area contributed by atoms with Gasteiger partial charge < -0.3 is 9.15 Å². The van der Waals surface area contributed by atoms with Crippen LogP contribution in [-0.2, 0) is 13.1 Å². The fourth-order valence-electron chi connectivity index (χ4n) is 1.98. The summed E-state index contributed by atoms with van der Waals surface area (Å²) in [6.45, 7) is 1.11. The van der Waals surface area contributed by atoms with Gasteiger partial charge in [-0.2, -0.15) is 0 Å². The normalized spacial score (nSPS) is 10.8. The average molecular weight is 277 g/mol. The number of aldehydes is 1. The quantitative estimate of drug-likeness (QED) is 0.761. The molecule has 0 aliphatic heterocycles. The lowest BCUT2D eigenvalue weighted by molar-refractivity contribution is 0.109. The standard InChI is InChI=1S/C15H16FNO3/c1-17(9-12-4-5-13(10-18)20-12)8-11-3-6-15(19-2)14(16)7-11/h3-7,10H,8-9H2,1-2H3. The van der Waals surface area contributed by atoms with Gasteiger partial charge in [-0.1, -0.05) is 6.07 Å². The number of nitrogens with zero attached hydrogens (tertiary/aromatic N) is 1. The van der Waals surface area contributed by atoms with E-state index >= 15 is 0 Å². The van der Waals surface area contributed by atoms with E-state index in [0.29, 0.717) is 30.9 Å². The number of carbonyl (C=O) groups excluding carboxylic acids is 1. The van der Waals surface area contributed by atoms with E-state index in [2.05, 4.69) is 0 Å². The summed E-state index contributed by atoms with van der Waals surface area (Å²) in [4.78, 5) is 12.5. The zero-order valence-corrected chi connectivity index (χ0v) is 11.4. The predicted molar refractivity (Wildman–Crippen MR) is 72.2 cm³/mol. The summed E-state index contributed by atoms with van der Waals surface area (Å²) in [6, 6.07) is 8.26. The Bertz CT molecular complexity index is 595. The van der Waals surface area contributed by atoms with Gasteiger partial charge in [-0.05, 0) is 36.9 Å². The lowest BCUT2D eigenvalue weighted by Gasteiger charge is -2.15. The molecule has 0 radical (unpaired) electrons. The third-order valence-corrected chi connectivity index (χ3v) is 2.89. The highest BCUT2D eigenvalue weighted by Crippen LogP contribution is 2.19. The van der Waals surface area contributed by atoms with Crippen molar-refractivity contribution in [3.63, 3.8) is 0 Å². The maximum Gasteiger partial charge on any atom is 0.185 e. The molecule has 0 fully saturated rings. The van der Waals surface area contributed by atoms with Crippen LogP contribution in [0.25, 0.3) is 0 Å². The zero-order chi connectivity index (χ0) is 14.5. The van der Waals surface area contributed by atoms with E-state index in [1.807, 2.05) is 18.0 Å². The van der Waals surface area contributed by atoms with Crippen LogP contribution in [0.4, 0.5) is 4.39 Å². The third kappa shape index (κ3) is 3.45. The maximum absolute atomic E-state index is 13.6. The summed E-state index contributed by atoms with van der Waals surface area (Å²) in [5.41, 5.74) is 0.841. The molecule has 2 rings (SSSR count). The van der Waals surface area contributed by atoms with Gasteiger partial charge in [-0.15, -0.1) is 0 Å². The smallest absolute Gasteiger partial charge is 0.185 e. The highest BCUT2D eigenvalue weighted by atomic mass is 19.1. The van der Waals surface area contributed by atoms with Gasteiger partial charge in [-0.25, -0.2) is 4.39 Å². The van der Waals surface area contributed by atoms with Crippen molar-refractivity contribution in [1.82, 2.24) is 4.90 Å². The Morgan fingerprint density at radius 3 is 2.70 bits per heavy atom. The molecule has 0 aliphatic rings.